The van der Waals surface area contributed by atoms with Crippen LogP contribution in [0.2, 0.25) is 5.02 Å². The van der Waals surface area contributed by atoms with Crippen molar-refractivity contribution in [2.24, 2.45) is 5.73 Å². The number of methoxy groups -OCH3 is 2. The standard InChI is InChI=1S/C14H20ClNO2/c1-8-11(15)7-10(13(18-4)12(8)17-3)14(5-6-14)9(2)16/h7,9H,5-6,16H2,1-4H3. The average Bonchev–Trinajstić information content (AvgIpc) is 3.13. The maximum atomic E-state index is 6.29. The van der Waals surface area contributed by atoms with Crippen LogP contribution in [0.25, 0.3) is 0 Å². The zero-order valence-electron chi connectivity index (χ0n) is 11.3. The van der Waals surface area contributed by atoms with Crippen LogP contribution < -0.4 is 15.2 Å². The maximum Gasteiger partial charge on any atom is 0.165 e. The molecule has 2 N–H and O–H groups in total. The molecule has 4 heteroatoms. The summed E-state index contributed by atoms with van der Waals surface area (Å²) in [6, 6.07) is 2.06. The quantitative estimate of drug-likeness (QED) is 0.914. The van der Waals surface area contributed by atoms with Crippen LogP contribution in [-0.4, -0.2) is 20.3 Å². The predicted molar refractivity (Wildman–Crippen MR) is 73.9 cm³/mol. The van der Waals surface area contributed by atoms with Gasteiger partial charge >= 0.3 is 0 Å². The third-order valence-corrected chi connectivity index (χ3v) is 4.42. The van der Waals surface area contributed by atoms with Crippen LogP contribution >= 0.6 is 11.6 Å². The smallest absolute Gasteiger partial charge is 0.165 e. The fourth-order valence-electron chi connectivity index (χ4n) is 2.62. The SMILES string of the molecule is COc1c(C2(C(C)N)CC2)cc(Cl)c(C)c1OC. The Morgan fingerprint density at radius 1 is 1.28 bits per heavy atom. The minimum absolute atomic E-state index is 0.00400. The molecular formula is C14H20ClNO2. The van der Waals surface area contributed by atoms with E-state index in [0.717, 1.165) is 29.7 Å². The van der Waals surface area contributed by atoms with E-state index >= 15 is 0 Å². The highest BCUT2D eigenvalue weighted by atomic mass is 35.5. The van der Waals surface area contributed by atoms with Crippen molar-refractivity contribution in [2.75, 3.05) is 14.2 Å². The highest BCUT2D eigenvalue weighted by Crippen LogP contribution is 2.56. The molecule has 1 unspecified atom stereocenters. The molecule has 0 amide bonds. The second-order valence-corrected chi connectivity index (χ2v) is 5.45. The Balaban J connectivity index is 2.64. The van der Waals surface area contributed by atoms with Crippen LogP contribution in [0.15, 0.2) is 6.07 Å². The largest absolute Gasteiger partial charge is 0.493 e. The molecule has 1 aliphatic rings. The van der Waals surface area contributed by atoms with Crippen molar-refractivity contribution >= 4 is 11.6 Å². The second-order valence-electron chi connectivity index (χ2n) is 5.04. The molecule has 1 fully saturated rings. The van der Waals surface area contributed by atoms with Crippen molar-refractivity contribution in [2.45, 2.75) is 38.1 Å². The number of hydrogen-bond acceptors (Lipinski definition) is 3. The first-order valence-electron chi connectivity index (χ1n) is 6.15. The molecule has 0 saturated heterocycles. The Morgan fingerprint density at radius 3 is 2.22 bits per heavy atom. The summed E-state index contributed by atoms with van der Waals surface area (Å²) in [7, 11) is 3.29. The monoisotopic (exact) mass is 269 g/mol. The van der Waals surface area contributed by atoms with Gasteiger partial charge in [-0.3, -0.25) is 0 Å². The molecular weight excluding hydrogens is 250 g/mol. The van der Waals surface area contributed by atoms with Crippen LogP contribution in [0.4, 0.5) is 0 Å². The van der Waals surface area contributed by atoms with E-state index in [4.69, 9.17) is 26.8 Å². The summed E-state index contributed by atoms with van der Waals surface area (Å²) in [4.78, 5) is 0. The molecule has 1 saturated carbocycles. The third-order valence-electron chi connectivity index (χ3n) is 4.03. The molecule has 0 aromatic heterocycles. The van der Waals surface area contributed by atoms with Crippen LogP contribution in [0.3, 0.4) is 0 Å². The normalized spacial score (nSPS) is 18.3. The summed E-state index contributed by atoms with van der Waals surface area (Å²) < 4.78 is 11.0. The molecule has 1 aliphatic carbocycles. The molecule has 100 valence electrons. The number of nitrogens with two attached hydrogens (primary N) is 1. The zero-order valence-corrected chi connectivity index (χ0v) is 12.1. The lowest BCUT2D eigenvalue weighted by Crippen LogP contribution is -2.32. The number of benzene rings is 1. The van der Waals surface area contributed by atoms with Gasteiger partial charge < -0.3 is 15.2 Å². The summed E-state index contributed by atoms with van der Waals surface area (Å²) in [6.45, 7) is 3.96. The highest BCUT2D eigenvalue weighted by Gasteiger charge is 2.50. The molecule has 0 radical (unpaired) electrons. The van der Waals surface area contributed by atoms with Gasteiger partial charge in [-0.2, -0.15) is 0 Å². The van der Waals surface area contributed by atoms with E-state index in [2.05, 4.69) is 0 Å². The van der Waals surface area contributed by atoms with Gasteiger partial charge in [-0.1, -0.05) is 11.6 Å². The first kappa shape index (κ1) is 13.5. The van der Waals surface area contributed by atoms with Crippen molar-refractivity contribution in [1.29, 1.82) is 0 Å². The van der Waals surface area contributed by atoms with Crippen molar-refractivity contribution in [3.63, 3.8) is 0 Å². The summed E-state index contributed by atoms with van der Waals surface area (Å²) in [6.07, 6.45) is 2.15. The molecule has 0 aliphatic heterocycles. The number of hydrogen-bond donors (Lipinski definition) is 1. The molecule has 0 spiro atoms. The van der Waals surface area contributed by atoms with Crippen LogP contribution in [0.1, 0.15) is 30.9 Å². The van der Waals surface area contributed by atoms with Gasteiger partial charge in [0, 0.05) is 27.6 Å². The lowest BCUT2D eigenvalue weighted by molar-refractivity contribution is 0.344. The molecule has 3 nitrogen and oxygen atoms in total. The molecule has 2 rings (SSSR count). The van der Waals surface area contributed by atoms with E-state index in [1.807, 2.05) is 19.9 Å². The van der Waals surface area contributed by atoms with E-state index in [0.29, 0.717) is 10.8 Å². The van der Waals surface area contributed by atoms with E-state index < -0.39 is 0 Å². The summed E-state index contributed by atoms with van der Waals surface area (Å²) in [5.74, 6) is 1.49. The Kier molecular flexibility index (Phi) is 3.47. The summed E-state index contributed by atoms with van der Waals surface area (Å²) >= 11 is 6.29. The number of rotatable bonds is 4. The Bertz CT molecular complexity index is 467. The first-order chi connectivity index (χ1) is 8.47. The average molecular weight is 270 g/mol. The van der Waals surface area contributed by atoms with Crippen molar-refractivity contribution < 1.29 is 9.47 Å². The van der Waals surface area contributed by atoms with Gasteiger partial charge in [0.05, 0.1) is 14.2 Å². The van der Waals surface area contributed by atoms with E-state index in [1.165, 1.54) is 0 Å². The van der Waals surface area contributed by atoms with Crippen LogP contribution in [0, 0.1) is 6.92 Å². The van der Waals surface area contributed by atoms with Crippen molar-refractivity contribution in [1.82, 2.24) is 0 Å². The Morgan fingerprint density at radius 2 is 1.83 bits per heavy atom. The molecule has 0 bridgehead atoms. The Hall–Kier alpha value is -0.930. The number of ether oxygens (including phenoxy) is 2. The van der Waals surface area contributed by atoms with Crippen LogP contribution in [0.5, 0.6) is 11.5 Å². The lowest BCUT2D eigenvalue weighted by Gasteiger charge is -2.25. The predicted octanol–water partition coefficient (Wildman–Crippen LogP) is 3.04. The van der Waals surface area contributed by atoms with Crippen LogP contribution in [-0.2, 0) is 5.41 Å². The summed E-state index contributed by atoms with van der Waals surface area (Å²) in [5.41, 5.74) is 8.10. The van der Waals surface area contributed by atoms with Crippen molar-refractivity contribution in [3.8, 4) is 11.5 Å². The van der Waals surface area contributed by atoms with Gasteiger partial charge in [0.25, 0.3) is 0 Å². The van der Waals surface area contributed by atoms with Gasteiger partial charge in [-0.05, 0) is 32.8 Å². The van der Waals surface area contributed by atoms with Gasteiger partial charge in [0.15, 0.2) is 11.5 Å². The second kappa shape index (κ2) is 4.63. The minimum Gasteiger partial charge on any atom is -0.493 e. The lowest BCUT2D eigenvalue weighted by atomic mass is 9.87. The zero-order chi connectivity index (χ0) is 13.5. The number of halogens is 1. The van der Waals surface area contributed by atoms with E-state index in [-0.39, 0.29) is 11.5 Å². The van der Waals surface area contributed by atoms with Gasteiger partial charge in [-0.25, -0.2) is 0 Å². The van der Waals surface area contributed by atoms with E-state index in [9.17, 15) is 0 Å². The van der Waals surface area contributed by atoms with Gasteiger partial charge in [0.1, 0.15) is 0 Å². The van der Waals surface area contributed by atoms with E-state index in [1.54, 1.807) is 14.2 Å². The highest BCUT2D eigenvalue weighted by molar-refractivity contribution is 6.31. The molecule has 1 atom stereocenters. The molecule has 18 heavy (non-hydrogen) atoms. The maximum absolute atomic E-state index is 6.29. The fraction of sp³-hybridized carbons (Fsp3) is 0.571. The first-order valence-corrected chi connectivity index (χ1v) is 6.53. The molecule has 1 aromatic rings. The molecule has 1 aromatic carbocycles. The minimum atomic E-state index is -0.00400. The fourth-order valence-corrected chi connectivity index (χ4v) is 2.82. The third kappa shape index (κ3) is 1.86. The topological polar surface area (TPSA) is 44.5 Å². The molecule has 0 heterocycles. The summed E-state index contributed by atoms with van der Waals surface area (Å²) in [5, 5.41) is 0.703. The van der Waals surface area contributed by atoms with Crippen molar-refractivity contribution in [3.05, 3.63) is 22.2 Å². The Labute approximate surface area is 113 Å². The van der Waals surface area contributed by atoms with Gasteiger partial charge in [-0.15, -0.1) is 0 Å². The van der Waals surface area contributed by atoms with Gasteiger partial charge in [0.2, 0.25) is 0 Å².